The van der Waals surface area contributed by atoms with Crippen molar-refractivity contribution >= 4 is 33.0 Å². The lowest BCUT2D eigenvalue weighted by atomic mass is 10.1. The Kier molecular flexibility index (Phi) is 5.44. The standard InChI is InChI=1S/C16H15ClN2O5S/c1-10(12-5-3-4-6-13(12)17)18-16(20)11-7-8-15(25(2,23)24)14(9-11)19(21)22/h3-10H,1-2H3,(H,18,20)/t10-/m0/s1. The summed E-state index contributed by atoms with van der Waals surface area (Å²) in [4.78, 5) is 22.2. The highest BCUT2D eigenvalue weighted by Crippen LogP contribution is 2.26. The number of benzene rings is 2. The molecule has 2 rings (SSSR count). The van der Waals surface area contributed by atoms with Gasteiger partial charge in [0.15, 0.2) is 9.84 Å². The van der Waals surface area contributed by atoms with Gasteiger partial charge in [-0.3, -0.25) is 14.9 Å². The first kappa shape index (κ1) is 18.9. The molecule has 9 heteroatoms. The van der Waals surface area contributed by atoms with Crippen molar-refractivity contribution in [2.45, 2.75) is 17.9 Å². The summed E-state index contributed by atoms with van der Waals surface area (Å²) in [5.74, 6) is -0.574. The molecule has 0 spiro atoms. The summed E-state index contributed by atoms with van der Waals surface area (Å²) in [5, 5.41) is 14.3. The SMILES string of the molecule is C[C@H](NC(=O)c1ccc(S(C)(=O)=O)c([N+](=O)[O-])c1)c1ccccc1Cl. The Labute approximate surface area is 149 Å². The van der Waals surface area contributed by atoms with Gasteiger partial charge in [-0.25, -0.2) is 8.42 Å². The Morgan fingerprint density at radius 3 is 2.44 bits per heavy atom. The van der Waals surface area contributed by atoms with Gasteiger partial charge < -0.3 is 5.32 Å². The van der Waals surface area contributed by atoms with Crippen molar-refractivity contribution in [2.75, 3.05) is 6.26 Å². The monoisotopic (exact) mass is 382 g/mol. The molecule has 0 radical (unpaired) electrons. The normalized spacial score (nSPS) is 12.4. The second-order valence-electron chi connectivity index (χ2n) is 5.43. The number of sulfone groups is 1. The van der Waals surface area contributed by atoms with Crippen molar-refractivity contribution in [3.63, 3.8) is 0 Å². The highest BCUT2D eigenvalue weighted by molar-refractivity contribution is 7.90. The minimum absolute atomic E-state index is 0.0157. The molecule has 7 nitrogen and oxygen atoms in total. The fourth-order valence-electron chi connectivity index (χ4n) is 2.30. The van der Waals surface area contributed by atoms with Crippen molar-refractivity contribution in [3.8, 4) is 0 Å². The van der Waals surface area contributed by atoms with Gasteiger partial charge in [0.1, 0.15) is 4.90 Å². The van der Waals surface area contributed by atoms with Gasteiger partial charge in [-0.15, -0.1) is 0 Å². The molecule has 0 saturated carbocycles. The number of carbonyl (C=O) groups is 1. The number of nitrogens with zero attached hydrogens (tertiary/aromatic N) is 1. The van der Waals surface area contributed by atoms with Gasteiger partial charge >= 0.3 is 0 Å². The molecule has 132 valence electrons. The van der Waals surface area contributed by atoms with E-state index >= 15 is 0 Å². The summed E-state index contributed by atoms with van der Waals surface area (Å²) in [6, 6.07) is 9.78. The molecular formula is C16H15ClN2O5S. The predicted octanol–water partition coefficient (Wildman–Crippen LogP) is 3.14. The number of hydrogen-bond acceptors (Lipinski definition) is 5. The van der Waals surface area contributed by atoms with Gasteiger partial charge in [0.25, 0.3) is 11.6 Å². The molecule has 0 heterocycles. The van der Waals surface area contributed by atoms with Crippen LogP contribution < -0.4 is 5.32 Å². The van der Waals surface area contributed by atoms with Crippen LogP contribution in [0.3, 0.4) is 0 Å². The Morgan fingerprint density at radius 2 is 1.88 bits per heavy atom. The number of rotatable bonds is 5. The molecule has 0 bridgehead atoms. The first-order chi connectivity index (χ1) is 11.6. The van der Waals surface area contributed by atoms with Crippen LogP contribution in [-0.4, -0.2) is 25.5 Å². The number of halogens is 1. The molecule has 2 aromatic carbocycles. The van der Waals surface area contributed by atoms with E-state index in [1.54, 1.807) is 31.2 Å². The van der Waals surface area contributed by atoms with Gasteiger partial charge in [0.05, 0.1) is 11.0 Å². The zero-order valence-corrected chi connectivity index (χ0v) is 15.0. The van der Waals surface area contributed by atoms with Gasteiger partial charge in [-0.2, -0.15) is 0 Å². The molecule has 2 aromatic rings. The molecule has 1 atom stereocenters. The predicted molar refractivity (Wildman–Crippen MR) is 93.5 cm³/mol. The number of hydrogen-bond donors (Lipinski definition) is 1. The summed E-state index contributed by atoms with van der Waals surface area (Å²) in [5.41, 5.74) is 0.0401. The summed E-state index contributed by atoms with van der Waals surface area (Å²) in [6.45, 7) is 1.72. The number of amides is 1. The molecule has 0 aliphatic carbocycles. The average molecular weight is 383 g/mol. The minimum Gasteiger partial charge on any atom is -0.345 e. The van der Waals surface area contributed by atoms with E-state index in [-0.39, 0.29) is 5.56 Å². The number of carbonyl (C=O) groups excluding carboxylic acids is 1. The maximum atomic E-state index is 12.3. The van der Waals surface area contributed by atoms with Crippen LogP contribution >= 0.6 is 11.6 Å². The van der Waals surface area contributed by atoms with Gasteiger partial charge in [0.2, 0.25) is 0 Å². The van der Waals surface area contributed by atoms with Crippen LogP contribution in [0, 0.1) is 10.1 Å². The number of nitro groups is 1. The van der Waals surface area contributed by atoms with Crippen molar-refractivity contribution in [1.29, 1.82) is 0 Å². The molecule has 0 saturated heterocycles. The number of nitro benzene ring substituents is 1. The van der Waals surface area contributed by atoms with Crippen LogP contribution in [0.1, 0.15) is 28.9 Å². The third-order valence-corrected chi connectivity index (χ3v) is 5.02. The summed E-state index contributed by atoms with van der Waals surface area (Å²) in [7, 11) is -3.78. The van der Waals surface area contributed by atoms with E-state index in [0.29, 0.717) is 10.6 Å². The Morgan fingerprint density at radius 1 is 1.24 bits per heavy atom. The Bertz CT molecular complexity index is 943. The first-order valence-corrected chi connectivity index (χ1v) is 9.42. The smallest absolute Gasteiger partial charge is 0.288 e. The van der Waals surface area contributed by atoms with Crippen LogP contribution in [0.4, 0.5) is 5.69 Å². The van der Waals surface area contributed by atoms with E-state index in [1.807, 2.05) is 0 Å². The lowest BCUT2D eigenvalue weighted by Gasteiger charge is -2.16. The lowest BCUT2D eigenvalue weighted by Crippen LogP contribution is -2.27. The maximum Gasteiger partial charge on any atom is 0.288 e. The lowest BCUT2D eigenvalue weighted by molar-refractivity contribution is -0.387. The van der Waals surface area contributed by atoms with Crippen molar-refractivity contribution in [2.24, 2.45) is 0 Å². The summed E-state index contributed by atoms with van der Waals surface area (Å²) in [6.07, 6.45) is 0.870. The highest BCUT2D eigenvalue weighted by atomic mass is 35.5. The third kappa shape index (κ3) is 4.34. The maximum absolute atomic E-state index is 12.3. The van der Waals surface area contributed by atoms with Gasteiger partial charge in [-0.05, 0) is 30.7 Å². The van der Waals surface area contributed by atoms with Crippen molar-refractivity contribution < 1.29 is 18.1 Å². The van der Waals surface area contributed by atoms with Crippen molar-refractivity contribution in [1.82, 2.24) is 5.32 Å². The molecule has 25 heavy (non-hydrogen) atoms. The van der Waals surface area contributed by atoms with Crippen LogP contribution in [-0.2, 0) is 9.84 Å². The molecule has 0 fully saturated rings. The van der Waals surface area contributed by atoms with Gasteiger partial charge in [-0.1, -0.05) is 29.8 Å². The van der Waals surface area contributed by atoms with E-state index in [0.717, 1.165) is 18.4 Å². The molecule has 0 aromatic heterocycles. The molecule has 0 aliphatic rings. The van der Waals surface area contributed by atoms with Crippen molar-refractivity contribution in [3.05, 3.63) is 68.7 Å². The van der Waals surface area contributed by atoms with E-state index in [1.165, 1.54) is 6.07 Å². The molecular weight excluding hydrogens is 368 g/mol. The van der Waals surface area contributed by atoms with E-state index in [4.69, 9.17) is 11.6 Å². The largest absolute Gasteiger partial charge is 0.345 e. The Balaban J connectivity index is 2.33. The van der Waals surface area contributed by atoms with Crippen LogP contribution in [0.2, 0.25) is 5.02 Å². The fraction of sp³-hybridized carbons (Fsp3) is 0.188. The highest BCUT2D eigenvalue weighted by Gasteiger charge is 2.24. The molecule has 0 unspecified atom stereocenters. The minimum atomic E-state index is -3.78. The number of nitrogens with one attached hydrogen (secondary N) is 1. The summed E-state index contributed by atoms with van der Waals surface area (Å²) >= 11 is 6.08. The fourth-order valence-corrected chi connectivity index (χ4v) is 3.43. The molecule has 1 N–H and O–H groups in total. The van der Waals surface area contributed by atoms with E-state index < -0.39 is 37.3 Å². The molecule has 1 amide bonds. The van der Waals surface area contributed by atoms with Crippen LogP contribution in [0.25, 0.3) is 0 Å². The third-order valence-electron chi connectivity index (χ3n) is 3.54. The average Bonchev–Trinajstić information content (AvgIpc) is 2.53. The topological polar surface area (TPSA) is 106 Å². The zero-order valence-electron chi connectivity index (χ0n) is 13.4. The quantitative estimate of drug-likeness (QED) is 0.631. The van der Waals surface area contributed by atoms with Crippen LogP contribution in [0.5, 0.6) is 0 Å². The zero-order chi connectivity index (χ0) is 18.8. The first-order valence-electron chi connectivity index (χ1n) is 7.15. The van der Waals surface area contributed by atoms with Gasteiger partial charge in [0, 0.05) is 22.9 Å². The Hall–Kier alpha value is -2.45. The summed E-state index contributed by atoms with van der Waals surface area (Å²) < 4.78 is 23.2. The van der Waals surface area contributed by atoms with E-state index in [2.05, 4.69) is 5.32 Å². The molecule has 0 aliphatic heterocycles. The van der Waals surface area contributed by atoms with Crippen LogP contribution in [0.15, 0.2) is 47.4 Å². The second-order valence-corrected chi connectivity index (χ2v) is 7.82. The van der Waals surface area contributed by atoms with E-state index in [9.17, 15) is 23.3 Å². The second kappa shape index (κ2) is 7.20.